The van der Waals surface area contributed by atoms with Crippen LogP contribution in [0, 0.1) is 18.8 Å². The summed E-state index contributed by atoms with van der Waals surface area (Å²) in [4.78, 5) is 2.73. The van der Waals surface area contributed by atoms with Gasteiger partial charge in [0.2, 0.25) is 0 Å². The summed E-state index contributed by atoms with van der Waals surface area (Å²) in [6.07, 6.45) is 3.43. The van der Waals surface area contributed by atoms with Crippen LogP contribution in [0.3, 0.4) is 0 Å². The molecule has 0 spiro atoms. The molecule has 130 valence electrons. The molecular weight excluding hydrogens is 332 g/mol. The summed E-state index contributed by atoms with van der Waals surface area (Å²) >= 11 is 0. The predicted octanol–water partition coefficient (Wildman–Crippen LogP) is 3.84. The van der Waals surface area contributed by atoms with Crippen molar-refractivity contribution in [3.63, 3.8) is 0 Å². The van der Waals surface area contributed by atoms with E-state index in [2.05, 4.69) is 22.1 Å². The summed E-state index contributed by atoms with van der Waals surface area (Å²) in [6, 6.07) is 17.2. The Morgan fingerprint density at radius 2 is 1.72 bits per heavy atom. The van der Waals surface area contributed by atoms with E-state index >= 15 is 0 Å². The zero-order chi connectivity index (χ0) is 17.4. The van der Waals surface area contributed by atoms with Crippen molar-refractivity contribution in [2.75, 3.05) is 0 Å². The molecule has 2 aromatic carbocycles. The highest BCUT2D eigenvalue weighted by Gasteiger charge is 2.45. The first-order chi connectivity index (χ1) is 12.0. The van der Waals surface area contributed by atoms with Crippen LogP contribution in [0.2, 0.25) is 0 Å². The van der Waals surface area contributed by atoms with Crippen LogP contribution < -0.4 is 4.83 Å². The van der Waals surface area contributed by atoms with Gasteiger partial charge in [-0.3, -0.25) is 0 Å². The van der Waals surface area contributed by atoms with Gasteiger partial charge in [-0.1, -0.05) is 48.0 Å². The lowest BCUT2D eigenvalue weighted by Gasteiger charge is -2.24. The molecule has 2 aromatic rings. The van der Waals surface area contributed by atoms with Crippen LogP contribution in [-0.2, 0) is 10.0 Å². The monoisotopic (exact) mass is 354 g/mol. The van der Waals surface area contributed by atoms with E-state index in [9.17, 15) is 8.42 Å². The van der Waals surface area contributed by atoms with Gasteiger partial charge in [-0.25, -0.2) is 4.83 Å². The van der Waals surface area contributed by atoms with Crippen LogP contribution in [0.15, 0.2) is 64.6 Å². The standard InChI is InChI=1S/C20H22N2O2S/c1-14-7-11-18(12-8-14)25(23,24)22-21-20-17-10-9-16(13-17)19(20)15-5-3-2-4-6-15/h2-8,11-12,16-17,19,22H,9-10,13H2,1H3/b21-20+/t16-,17+,19-/m0/s1. The van der Waals surface area contributed by atoms with E-state index in [4.69, 9.17) is 0 Å². The fourth-order valence-corrected chi connectivity index (χ4v) is 5.06. The van der Waals surface area contributed by atoms with Crippen molar-refractivity contribution in [2.45, 2.75) is 37.0 Å². The van der Waals surface area contributed by atoms with E-state index < -0.39 is 10.0 Å². The molecule has 0 saturated heterocycles. The highest BCUT2D eigenvalue weighted by molar-refractivity contribution is 7.89. The van der Waals surface area contributed by atoms with Gasteiger partial charge in [0.25, 0.3) is 10.0 Å². The lowest BCUT2D eigenvalue weighted by molar-refractivity contribution is 0.530. The average Bonchev–Trinajstić information content (AvgIpc) is 3.22. The number of hydrogen-bond donors (Lipinski definition) is 1. The van der Waals surface area contributed by atoms with Crippen LogP contribution in [0.5, 0.6) is 0 Å². The first-order valence-electron chi connectivity index (χ1n) is 8.75. The van der Waals surface area contributed by atoms with Crippen molar-refractivity contribution in [3.05, 3.63) is 65.7 Å². The van der Waals surface area contributed by atoms with Crippen LogP contribution in [0.4, 0.5) is 0 Å². The summed E-state index contributed by atoms with van der Waals surface area (Å²) in [6.45, 7) is 1.93. The highest BCUT2D eigenvalue weighted by atomic mass is 32.2. The summed E-state index contributed by atoms with van der Waals surface area (Å²) in [7, 11) is -3.62. The van der Waals surface area contributed by atoms with Gasteiger partial charge in [0.15, 0.2) is 0 Å². The van der Waals surface area contributed by atoms with Gasteiger partial charge in [-0.05, 0) is 55.7 Å². The third-order valence-electron chi connectivity index (χ3n) is 5.47. The zero-order valence-corrected chi connectivity index (χ0v) is 15.0. The molecule has 0 heterocycles. The Bertz CT molecular complexity index is 889. The molecule has 3 atom stereocenters. The number of hydrogen-bond acceptors (Lipinski definition) is 3. The molecule has 25 heavy (non-hydrogen) atoms. The number of nitrogens with zero attached hydrogens (tertiary/aromatic N) is 1. The molecule has 2 bridgehead atoms. The van der Waals surface area contributed by atoms with Gasteiger partial charge in [-0.15, -0.1) is 0 Å². The molecule has 0 aromatic heterocycles. The molecule has 0 aliphatic heterocycles. The maximum atomic E-state index is 12.5. The number of benzene rings is 2. The number of fused-ring (bicyclic) bond motifs is 2. The second-order valence-corrected chi connectivity index (χ2v) is 8.76. The first kappa shape index (κ1) is 16.3. The van der Waals surface area contributed by atoms with Crippen LogP contribution >= 0.6 is 0 Å². The SMILES string of the molecule is Cc1ccc(S(=O)(=O)N/N=C2\[C@@H]3CC[C@@H](C3)[C@@H]2c2ccccc2)cc1. The fourth-order valence-electron chi connectivity index (χ4n) is 4.23. The number of hydrazone groups is 1. The van der Waals surface area contributed by atoms with E-state index in [-0.39, 0.29) is 10.8 Å². The van der Waals surface area contributed by atoms with E-state index in [0.29, 0.717) is 11.8 Å². The lowest BCUT2D eigenvalue weighted by Crippen LogP contribution is -2.26. The Balaban J connectivity index is 1.62. The quantitative estimate of drug-likeness (QED) is 0.848. The van der Waals surface area contributed by atoms with Crippen molar-refractivity contribution in [1.82, 2.24) is 4.83 Å². The molecule has 5 heteroatoms. The van der Waals surface area contributed by atoms with E-state index in [1.807, 2.05) is 25.1 Å². The minimum absolute atomic E-state index is 0.237. The maximum absolute atomic E-state index is 12.5. The molecular formula is C20H22N2O2S. The van der Waals surface area contributed by atoms with Crippen LogP contribution in [-0.4, -0.2) is 14.1 Å². The smallest absolute Gasteiger partial charge is 0.200 e. The van der Waals surface area contributed by atoms with Gasteiger partial charge in [0, 0.05) is 11.6 Å². The fraction of sp³-hybridized carbons (Fsp3) is 0.350. The Morgan fingerprint density at radius 1 is 1.00 bits per heavy atom. The molecule has 0 radical (unpaired) electrons. The summed E-state index contributed by atoms with van der Waals surface area (Å²) < 4.78 is 25.1. The van der Waals surface area contributed by atoms with Gasteiger partial charge in [0.05, 0.1) is 4.90 Å². The zero-order valence-electron chi connectivity index (χ0n) is 14.2. The third kappa shape index (κ3) is 3.09. The predicted molar refractivity (Wildman–Crippen MR) is 98.9 cm³/mol. The number of nitrogens with one attached hydrogen (secondary N) is 1. The maximum Gasteiger partial charge on any atom is 0.276 e. The number of sulfonamides is 1. The molecule has 2 aliphatic rings. The van der Waals surface area contributed by atoms with Crippen molar-refractivity contribution in [3.8, 4) is 0 Å². The van der Waals surface area contributed by atoms with Crippen LogP contribution in [0.25, 0.3) is 0 Å². The minimum Gasteiger partial charge on any atom is -0.200 e. The van der Waals surface area contributed by atoms with E-state index in [1.54, 1.807) is 24.3 Å². The normalized spacial score (nSPS) is 26.9. The molecule has 1 N–H and O–H groups in total. The van der Waals surface area contributed by atoms with E-state index in [1.165, 1.54) is 12.0 Å². The second kappa shape index (κ2) is 6.30. The first-order valence-corrected chi connectivity index (χ1v) is 10.2. The summed E-state index contributed by atoms with van der Waals surface area (Å²) in [5.41, 5.74) is 3.27. The van der Waals surface area contributed by atoms with Gasteiger partial charge in [0.1, 0.15) is 0 Å². The van der Waals surface area contributed by atoms with Crippen molar-refractivity contribution in [1.29, 1.82) is 0 Å². The third-order valence-corrected chi connectivity index (χ3v) is 6.69. The highest BCUT2D eigenvalue weighted by Crippen LogP contribution is 2.51. The topological polar surface area (TPSA) is 58.5 Å². The molecule has 2 saturated carbocycles. The molecule has 4 rings (SSSR count). The Morgan fingerprint density at radius 3 is 2.44 bits per heavy atom. The number of rotatable bonds is 4. The van der Waals surface area contributed by atoms with E-state index in [0.717, 1.165) is 24.1 Å². The Kier molecular flexibility index (Phi) is 4.12. The number of aryl methyl sites for hydroxylation is 1. The summed E-state index contributed by atoms with van der Waals surface area (Å²) in [5, 5.41) is 4.41. The van der Waals surface area contributed by atoms with Crippen molar-refractivity contribution in [2.24, 2.45) is 16.9 Å². The van der Waals surface area contributed by atoms with Crippen LogP contribution in [0.1, 0.15) is 36.3 Å². The lowest BCUT2D eigenvalue weighted by atomic mass is 9.82. The van der Waals surface area contributed by atoms with Gasteiger partial charge in [-0.2, -0.15) is 13.5 Å². The molecule has 4 nitrogen and oxygen atoms in total. The van der Waals surface area contributed by atoms with Crippen molar-refractivity contribution < 1.29 is 8.42 Å². The largest absolute Gasteiger partial charge is 0.276 e. The summed E-state index contributed by atoms with van der Waals surface area (Å²) in [5.74, 6) is 1.21. The minimum atomic E-state index is -3.62. The molecule has 2 fully saturated rings. The average molecular weight is 354 g/mol. The molecule has 0 amide bonds. The molecule has 0 unspecified atom stereocenters. The van der Waals surface area contributed by atoms with Gasteiger partial charge < -0.3 is 0 Å². The van der Waals surface area contributed by atoms with Gasteiger partial charge >= 0.3 is 0 Å². The Labute approximate surface area is 149 Å². The second-order valence-electron chi connectivity index (χ2n) is 7.10. The molecule has 2 aliphatic carbocycles. The van der Waals surface area contributed by atoms with Crippen molar-refractivity contribution >= 4 is 15.7 Å². The Hall–Kier alpha value is -2.14.